The first-order valence-electron chi connectivity index (χ1n) is 12.0. The van der Waals surface area contributed by atoms with E-state index in [9.17, 15) is 9.59 Å². The van der Waals surface area contributed by atoms with E-state index in [0.29, 0.717) is 24.7 Å². The molecule has 4 heteroatoms. The Balaban J connectivity index is 1.50. The van der Waals surface area contributed by atoms with Gasteiger partial charge in [-0.05, 0) is 75.5 Å². The molecule has 164 valence electrons. The minimum absolute atomic E-state index is 0.0264. The van der Waals surface area contributed by atoms with Crippen molar-refractivity contribution in [2.24, 2.45) is 22.7 Å². The normalized spacial score (nSPS) is 43.8. The van der Waals surface area contributed by atoms with Crippen molar-refractivity contribution >= 4 is 11.8 Å². The van der Waals surface area contributed by atoms with Crippen molar-refractivity contribution in [3.63, 3.8) is 0 Å². The van der Waals surface area contributed by atoms with Crippen LogP contribution in [-0.2, 0) is 14.3 Å². The van der Waals surface area contributed by atoms with Gasteiger partial charge in [-0.25, -0.2) is 0 Å². The average Bonchev–Trinajstić information content (AvgIpc) is 3.41. The monoisotopic (exact) mass is 420 g/mol. The van der Waals surface area contributed by atoms with Crippen molar-refractivity contribution in [3.8, 4) is 0 Å². The van der Waals surface area contributed by atoms with Gasteiger partial charge < -0.3 is 9.15 Å². The van der Waals surface area contributed by atoms with Crippen molar-refractivity contribution in [2.45, 2.75) is 83.7 Å². The van der Waals surface area contributed by atoms with Crippen LogP contribution in [0.25, 0.3) is 0 Å². The zero-order chi connectivity index (χ0) is 21.6. The van der Waals surface area contributed by atoms with E-state index in [2.05, 4.69) is 32.1 Å². The van der Waals surface area contributed by atoms with Crippen LogP contribution in [0.2, 0.25) is 0 Å². The molecule has 0 aromatic carbocycles. The molecule has 4 nitrogen and oxygen atoms in total. The lowest BCUT2D eigenvalue weighted by Crippen LogP contribution is -2.52. The molecular weight excluding hydrogens is 388 g/mol. The Morgan fingerprint density at radius 3 is 2.61 bits per heavy atom. The van der Waals surface area contributed by atoms with Crippen LogP contribution < -0.4 is 0 Å². The lowest BCUT2D eigenvalue weighted by atomic mass is 9.48. The molecule has 2 saturated carbocycles. The molecule has 2 heterocycles. The van der Waals surface area contributed by atoms with Crippen LogP contribution in [-0.4, -0.2) is 17.4 Å². The number of carbonyl (C=O) groups is 2. The molecule has 1 spiro atoms. The number of furan rings is 1. The molecule has 2 unspecified atom stereocenters. The molecule has 31 heavy (non-hydrogen) atoms. The molecule has 1 aliphatic heterocycles. The highest BCUT2D eigenvalue weighted by atomic mass is 16.6. The predicted molar refractivity (Wildman–Crippen MR) is 116 cm³/mol. The summed E-state index contributed by atoms with van der Waals surface area (Å²) >= 11 is 0. The molecule has 6 atom stereocenters. The van der Waals surface area contributed by atoms with Gasteiger partial charge in [-0.1, -0.05) is 31.1 Å². The second-order valence-electron chi connectivity index (χ2n) is 11.1. The molecule has 4 aliphatic carbocycles. The molecule has 1 aromatic heterocycles. The highest BCUT2D eigenvalue weighted by Gasteiger charge is 2.66. The first-order chi connectivity index (χ1) is 14.8. The zero-order valence-electron chi connectivity index (χ0n) is 18.8. The van der Waals surface area contributed by atoms with Gasteiger partial charge in [0.2, 0.25) is 0 Å². The Bertz CT molecular complexity index is 1040. The summed E-state index contributed by atoms with van der Waals surface area (Å²) < 4.78 is 12.3. The number of allylic oxidation sites excluding steroid dienone is 4. The van der Waals surface area contributed by atoms with Crippen LogP contribution in [0.15, 0.2) is 39.8 Å². The van der Waals surface area contributed by atoms with E-state index in [4.69, 9.17) is 9.15 Å². The van der Waals surface area contributed by atoms with Crippen LogP contribution >= 0.6 is 0 Å². The van der Waals surface area contributed by atoms with Crippen molar-refractivity contribution in [2.75, 3.05) is 0 Å². The van der Waals surface area contributed by atoms with E-state index < -0.39 is 0 Å². The number of aryl methyl sites for hydroxylation is 1. The van der Waals surface area contributed by atoms with Gasteiger partial charge in [0, 0.05) is 29.6 Å². The quantitative estimate of drug-likeness (QED) is 0.425. The maximum absolute atomic E-state index is 12.3. The molecule has 1 aromatic rings. The second-order valence-corrected chi connectivity index (χ2v) is 11.1. The van der Waals surface area contributed by atoms with Crippen LogP contribution in [0.4, 0.5) is 0 Å². The van der Waals surface area contributed by atoms with Crippen LogP contribution in [0.3, 0.4) is 0 Å². The number of ketones is 1. The molecule has 1 saturated heterocycles. The van der Waals surface area contributed by atoms with Gasteiger partial charge >= 0.3 is 5.97 Å². The summed E-state index contributed by atoms with van der Waals surface area (Å²) in [7, 11) is 0. The van der Waals surface area contributed by atoms with E-state index in [-0.39, 0.29) is 34.1 Å². The van der Waals surface area contributed by atoms with Gasteiger partial charge in [0.05, 0.1) is 0 Å². The third-order valence-corrected chi connectivity index (χ3v) is 9.85. The lowest BCUT2D eigenvalue weighted by Gasteiger charge is -2.56. The largest absolute Gasteiger partial charge is 0.466 e. The van der Waals surface area contributed by atoms with Crippen LogP contribution in [0.1, 0.15) is 82.7 Å². The highest BCUT2D eigenvalue weighted by molar-refractivity contribution is 5.92. The second kappa shape index (κ2) is 6.24. The number of hydrogen-bond acceptors (Lipinski definition) is 4. The summed E-state index contributed by atoms with van der Waals surface area (Å²) in [6.45, 7) is 6.74. The lowest BCUT2D eigenvalue weighted by molar-refractivity contribution is -0.160. The smallest absolute Gasteiger partial charge is 0.306 e. The third-order valence-electron chi connectivity index (χ3n) is 9.85. The third kappa shape index (κ3) is 2.48. The zero-order valence-corrected chi connectivity index (χ0v) is 18.8. The molecule has 0 radical (unpaired) electrons. The Morgan fingerprint density at radius 1 is 1.06 bits per heavy atom. The molecule has 0 bridgehead atoms. The molecule has 0 N–H and O–H groups in total. The Labute approximate surface area is 184 Å². The number of esters is 1. The maximum atomic E-state index is 12.3. The Morgan fingerprint density at radius 2 is 1.90 bits per heavy atom. The summed E-state index contributed by atoms with van der Waals surface area (Å²) in [6, 6.07) is 4.20. The van der Waals surface area contributed by atoms with Crippen LogP contribution in [0.5, 0.6) is 0 Å². The van der Waals surface area contributed by atoms with Crippen LogP contribution in [0, 0.1) is 29.6 Å². The fourth-order valence-corrected chi connectivity index (χ4v) is 8.08. The van der Waals surface area contributed by atoms with Gasteiger partial charge in [0.1, 0.15) is 17.1 Å². The minimum Gasteiger partial charge on any atom is -0.466 e. The fraction of sp³-hybridized carbons (Fsp3) is 0.630. The van der Waals surface area contributed by atoms with Gasteiger partial charge in [-0.2, -0.15) is 0 Å². The summed E-state index contributed by atoms with van der Waals surface area (Å²) in [5.74, 6) is 3.29. The first-order valence-corrected chi connectivity index (χ1v) is 12.0. The molecule has 6 rings (SSSR count). The number of ether oxygens (including phenoxy) is 1. The number of rotatable bonds is 1. The van der Waals surface area contributed by atoms with Gasteiger partial charge in [-0.3, -0.25) is 9.59 Å². The Kier molecular flexibility index (Phi) is 3.94. The van der Waals surface area contributed by atoms with E-state index in [1.807, 2.05) is 13.0 Å². The number of fused-ring (bicyclic) bond motifs is 6. The van der Waals surface area contributed by atoms with Crippen molar-refractivity contribution in [1.29, 1.82) is 0 Å². The first kappa shape index (κ1) is 19.6. The molecular formula is C27H32O4. The van der Waals surface area contributed by atoms with Gasteiger partial charge in [-0.15, -0.1) is 0 Å². The summed E-state index contributed by atoms with van der Waals surface area (Å²) in [4.78, 5) is 24.5. The highest BCUT2D eigenvalue weighted by Crippen LogP contribution is 2.70. The van der Waals surface area contributed by atoms with Crippen molar-refractivity contribution in [3.05, 3.63) is 47.0 Å². The SMILES string of the molecule is Cc1ccc([C@@H]2CC3=CC(=O)CC[C@]3(C)C3=CC[C@@]4(C)C(CC[C@@]45CCC(=O)O5)C32)o1. The minimum atomic E-state index is -0.306. The van der Waals surface area contributed by atoms with E-state index in [1.165, 1.54) is 11.1 Å². The van der Waals surface area contributed by atoms with E-state index in [0.717, 1.165) is 50.0 Å². The molecule has 5 aliphatic rings. The van der Waals surface area contributed by atoms with Crippen molar-refractivity contribution < 1.29 is 18.7 Å². The van der Waals surface area contributed by atoms with Crippen molar-refractivity contribution in [1.82, 2.24) is 0 Å². The van der Waals surface area contributed by atoms with Gasteiger partial charge in [0.25, 0.3) is 0 Å². The number of carbonyl (C=O) groups excluding carboxylic acids is 2. The number of hydrogen-bond donors (Lipinski definition) is 0. The summed E-state index contributed by atoms with van der Waals surface area (Å²) in [6.07, 6.45) is 11.3. The topological polar surface area (TPSA) is 56.5 Å². The average molecular weight is 421 g/mol. The van der Waals surface area contributed by atoms with Gasteiger partial charge in [0.15, 0.2) is 5.78 Å². The summed E-state index contributed by atoms with van der Waals surface area (Å²) in [5.41, 5.74) is 2.43. The standard InChI is InChI=1S/C27H32O4/c1-16-4-5-22(30-16)19-15-17-14-18(28)6-10-25(17,2)20-7-11-26(3)21(24(19)20)8-12-27(26)13-9-23(29)31-27/h4-5,7,14,19,21,24H,6,8-13,15H2,1-3H3/t19-,21?,24?,25-,26-,27+/m0/s1. The molecule has 3 fully saturated rings. The van der Waals surface area contributed by atoms with E-state index >= 15 is 0 Å². The maximum Gasteiger partial charge on any atom is 0.306 e. The predicted octanol–water partition coefficient (Wildman–Crippen LogP) is 5.81. The fourth-order valence-electron chi connectivity index (χ4n) is 8.08. The molecule has 0 amide bonds. The summed E-state index contributed by atoms with van der Waals surface area (Å²) in [5, 5.41) is 0. The Hall–Kier alpha value is -2.10. The van der Waals surface area contributed by atoms with E-state index in [1.54, 1.807) is 0 Å².